The SMILES string of the molecule is CCCNc1nc(Cl)nc(NCCc2cccnc2)n1. The Kier molecular flexibility index (Phi) is 5.49. The summed E-state index contributed by atoms with van der Waals surface area (Å²) in [6.07, 6.45) is 5.44. The van der Waals surface area contributed by atoms with Crippen LogP contribution >= 0.6 is 11.6 Å². The van der Waals surface area contributed by atoms with Crippen LogP contribution in [0.25, 0.3) is 0 Å². The molecule has 0 saturated heterocycles. The van der Waals surface area contributed by atoms with E-state index in [9.17, 15) is 0 Å². The highest BCUT2D eigenvalue weighted by atomic mass is 35.5. The molecule has 0 aromatic carbocycles. The zero-order chi connectivity index (χ0) is 14.2. The first-order chi connectivity index (χ1) is 9.78. The predicted molar refractivity (Wildman–Crippen MR) is 80.0 cm³/mol. The highest BCUT2D eigenvalue weighted by Gasteiger charge is 2.04. The highest BCUT2D eigenvalue weighted by molar-refractivity contribution is 6.28. The minimum Gasteiger partial charge on any atom is -0.354 e. The number of hydrogen-bond donors (Lipinski definition) is 2. The fraction of sp³-hybridized carbons (Fsp3) is 0.385. The third-order valence-electron chi connectivity index (χ3n) is 2.56. The van der Waals surface area contributed by atoms with Gasteiger partial charge in [0.1, 0.15) is 0 Å². The number of aromatic nitrogens is 4. The summed E-state index contributed by atoms with van der Waals surface area (Å²) in [5.74, 6) is 0.975. The van der Waals surface area contributed by atoms with E-state index in [2.05, 4.69) is 37.5 Å². The van der Waals surface area contributed by atoms with Crippen molar-refractivity contribution in [3.8, 4) is 0 Å². The molecule has 0 unspecified atom stereocenters. The van der Waals surface area contributed by atoms with Crippen LogP contribution in [-0.2, 0) is 6.42 Å². The molecular formula is C13H17ClN6. The van der Waals surface area contributed by atoms with Crippen LogP contribution in [0.1, 0.15) is 18.9 Å². The van der Waals surface area contributed by atoms with E-state index in [1.165, 1.54) is 0 Å². The fourth-order valence-corrected chi connectivity index (χ4v) is 1.77. The van der Waals surface area contributed by atoms with Crippen molar-refractivity contribution in [2.45, 2.75) is 19.8 Å². The van der Waals surface area contributed by atoms with Crippen molar-refractivity contribution in [1.29, 1.82) is 0 Å². The van der Waals surface area contributed by atoms with Crippen LogP contribution in [0.2, 0.25) is 5.28 Å². The molecule has 2 N–H and O–H groups in total. The Bertz CT molecular complexity index is 534. The maximum atomic E-state index is 5.87. The molecule has 7 heteroatoms. The molecule has 2 aromatic heterocycles. The summed E-state index contributed by atoms with van der Waals surface area (Å²) in [6.45, 7) is 3.58. The van der Waals surface area contributed by atoms with Crippen molar-refractivity contribution in [1.82, 2.24) is 19.9 Å². The van der Waals surface area contributed by atoms with E-state index in [1.807, 2.05) is 18.3 Å². The van der Waals surface area contributed by atoms with Gasteiger partial charge in [0, 0.05) is 25.5 Å². The molecule has 0 amide bonds. The lowest BCUT2D eigenvalue weighted by molar-refractivity contribution is 0.924. The summed E-state index contributed by atoms with van der Waals surface area (Å²) in [6, 6.07) is 3.95. The Morgan fingerprint density at radius 1 is 1.10 bits per heavy atom. The normalized spacial score (nSPS) is 10.3. The summed E-state index contributed by atoms with van der Waals surface area (Å²) < 4.78 is 0. The van der Waals surface area contributed by atoms with E-state index in [0.717, 1.165) is 24.9 Å². The van der Waals surface area contributed by atoms with Crippen molar-refractivity contribution >= 4 is 23.5 Å². The summed E-state index contributed by atoms with van der Waals surface area (Å²) in [7, 11) is 0. The van der Waals surface area contributed by atoms with Gasteiger partial charge in [0.25, 0.3) is 0 Å². The van der Waals surface area contributed by atoms with Crippen molar-refractivity contribution in [2.24, 2.45) is 0 Å². The lowest BCUT2D eigenvalue weighted by atomic mass is 10.2. The molecular weight excluding hydrogens is 276 g/mol. The zero-order valence-corrected chi connectivity index (χ0v) is 12.1. The minimum atomic E-state index is 0.183. The lowest BCUT2D eigenvalue weighted by Gasteiger charge is -2.07. The van der Waals surface area contributed by atoms with Crippen molar-refractivity contribution in [2.75, 3.05) is 23.7 Å². The monoisotopic (exact) mass is 292 g/mol. The van der Waals surface area contributed by atoms with E-state index >= 15 is 0 Å². The van der Waals surface area contributed by atoms with Crippen molar-refractivity contribution < 1.29 is 0 Å². The van der Waals surface area contributed by atoms with Gasteiger partial charge in [-0.05, 0) is 36.1 Å². The Morgan fingerprint density at radius 2 is 1.85 bits per heavy atom. The van der Waals surface area contributed by atoms with Gasteiger partial charge in [0.15, 0.2) is 0 Å². The Morgan fingerprint density at radius 3 is 2.50 bits per heavy atom. The molecule has 2 rings (SSSR count). The number of pyridine rings is 1. The zero-order valence-electron chi connectivity index (χ0n) is 11.3. The van der Waals surface area contributed by atoms with E-state index in [-0.39, 0.29) is 5.28 Å². The Balaban J connectivity index is 1.90. The van der Waals surface area contributed by atoms with Crippen molar-refractivity contribution in [3.63, 3.8) is 0 Å². The van der Waals surface area contributed by atoms with Gasteiger partial charge in [-0.3, -0.25) is 4.98 Å². The van der Waals surface area contributed by atoms with Crippen LogP contribution in [0.3, 0.4) is 0 Å². The van der Waals surface area contributed by atoms with Crippen LogP contribution < -0.4 is 10.6 Å². The molecule has 0 aliphatic carbocycles. The van der Waals surface area contributed by atoms with E-state index in [1.54, 1.807) is 6.20 Å². The van der Waals surface area contributed by atoms with Crippen molar-refractivity contribution in [3.05, 3.63) is 35.4 Å². The van der Waals surface area contributed by atoms with Gasteiger partial charge in [-0.2, -0.15) is 15.0 Å². The fourth-order valence-electron chi connectivity index (χ4n) is 1.61. The number of nitrogens with one attached hydrogen (secondary N) is 2. The number of halogens is 1. The van der Waals surface area contributed by atoms with E-state index in [0.29, 0.717) is 18.4 Å². The number of rotatable bonds is 7. The maximum absolute atomic E-state index is 5.87. The average molecular weight is 293 g/mol. The lowest BCUT2D eigenvalue weighted by Crippen LogP contribution is -2.11. The van der Waals surface area contributed by atoms with Crippen LogP contribution in [0.15, 0.2) is 24.5 Å². The van der Waals surface area contributed by atoms with Gasteiger partial charge in [-0.15, -0.1) is 0 Å². The summed E-state index contributed by atoms with van der Waals surface area (Å²) in [4.78, 5) is 16.4. The molecule has 0 saturated carbocycles. The first-order valence-corrected chi connectivity index (χ1v) is 6.94. The van der Waals surface area contributed by atoms with E-state index < -0.39 is 0 Å². The smallest absolute Gasteiger partial charge is 0.228 e. The average Bonchev–Trinajstić information content (AvgIpc) is 2.46. The molecule has 0 radical (unpaired) electrons. The third kappa shape index (κ3) is 4.62. The molecule has 20 heavy (non-hydrogen) atoms. The molecule has 0 aliphatic rings. The quantitative estimate of drug-likeness (QED) is 0.816. The summed E-state index contributed by atoms with van der Waals surface area (Å²) >= 11 is 5.87. The highest BCUT2D eigenvalue weighted by Crippen LogP contribution is 2.09. The summed E-state index contributed by atoms with van der Waals surface area (Å²) in [5, 5.41) is 6.41. The molecule has 0 spiro atoms. The molecule has 0 bridgehead atoms. The van der Waals surface area contributed by atoms with Crippen LogP contribution in [0.5, 0.6) is 0 Å². The standard InChI is InChI=1S/C13H17ClN6/c1-2-6-16-12-18-11(14)19-13(20-12)17-8-5-10-4-3-7-15-9-10/h3-4,7,9H,2,5-6,8H2,1H3,(H2,16,17,18,19,20). The first-order valence-electron chi connectivity index (χ1n) is 6.56. The van der Waals surface area contributed by atoms with Gasteiger partial charge < -0.3 is 10.6 Å². The second-order valence-corrected chi connectivity index (χ2v) is 4.55. The molecule has 2 aromatic rings. The van der Waals surface area contributed by atoms with Gasteiger partial charge >= 0.3 is 0 Å². The topological polar surface area (TPSA) is 75.6 Å². The molecule has 6 nitrogen and oxygen atoms in total. The van der Waals surface area contributed by atoms with Crippen LogP contribution in [0.4, 0.5) is 11.9 Å². The number of hydrogen-bond acceptors (Lipinski definition) is 6. The molecule has 2 heterocycles. The molecule has 0 aliphatic heterocycles. The number of anilines is 2. The third-order valence-corrected chi connectivity index (χ3v) is 2.73. The number of nitrogens with zero attached hydrogens (tertiary/aromatic N) is 4. The molecule has 0 atom stereocenters. The van der Waals surface area contributed by atoms with E-state index in [4.69, 9.17) is 11.6 Å². The largest absolute Gasteiger partial charge is 0.354 e. The summed E-state index contributed by atoms with van der Waals surface area (Å²) in [5.41, 5.74) is 1.16. The second-order valence-electron chi connectivity index (χ2n) is 4.22. The van der Waals surface area contributed by atoms with Crippen LogP contribution in [0, 0.1) is 0 Å². The maximum Gasteiger partial charge on any atom is 0.228 e. The first kappa shape index (κ1) is 14.5. The Labute approximate surface area is 123 Å². The molecule has 106 valence electrons. The minimum absolute atomic E-state index is 0.183. The second kappa shape index (κ2) is 7.59. The Hall–Kier alpha value is -1.95. The predicted octanol–water partition coefficient (Wildman–Crippen LogP) is 2.40. The van der Waals surface area contributed by atoms with Gasteiger partial charge in [-0.1, -0.05) is 13.0 Å². The van der Waals surface area contributed by atoms with Gasteiger partial charge in [0.05, 0.1) is 0 Å². The van der Waals surface area contributed by atoms with Crippen LogP contribution in [-0.4, -0.2) is 33.0 Å². The van der Waals surface area contributed by atoms with Gasteiger partial charge in [0.2, 0.25) is 17.2 Å². The molecule has 0 fully saturated rings. The van der Waals surface area contributed by atoms with Gasteiger partial charge in [-0.25, -0.2) is 0 Å².